The van der Waals surface area contributed by atoms with Crippen LogP contribution in [0.15, 0.2) is 94.9 Å². The van der Waals surface area contributed by atoms with E-state index in [1.54, 1.807) is 6.92 Å². The van der Waals surface area contributed by atoms with Crippen molar-refractivity contribution in [2.24, 2.45) is 9.98 Å². The minimum Gasteiger partial charge on any atom is -0.857 e. The van der Waals surface area contributed by atoms with E-state index >= 15 is 0 Å². The fourth-order valence-corrected chi connectivity index (χ4v) is 4.84. The summed E-state index contributed by atoms with van der Waals surface area (Å²) in [6, 6.07) is 28.4. The van der Waals surface area contributed by atoms with E-state index < -0.39 is 0 Å². The number of para-hydroxylation sites is 2. The number of pyridine rings is 1. The Morgan fingerprint density at radius 3 is 1.20 bits per heavy atom. The van der Waals surface area contributed by atoms with E-state index in [1.807, 2.05) is 62.4 Å². The van der Waals surface area contributed by atoms with Crippen LogP contribution in [-0.2, 0) is 16.5 Å². The van der Waals surface area contributed by atoms with Gasteiger partial charge < -0.3 is 5.11 Å². The van der Waals surface area contributed by atoms with Crippen LogP contribution >= 0.6 is 0 Å². The molecule has 5 heteroatoms. The molecule has 0 bridgehead atoms. The standard InChI is InChI=1S/C27H38N2O.C7H9N.C7H7.Ni/c1-16(2)21-12-10-13-22(17(3)4)25(21)28-20(9)27(30)29-26-23(18(5)6)14-11-15-24(26)19(7)8;1-6-4-3-5-7(2)8-6;1-7-5-3-2-4-6-7;/h10-19H,1-9H3,(H,29,30);3-5H,1-2H3;2-6H,1H2;/q;;-1;+2/p-1. The molecule has 0 aliphatic carbocycles. The molecule has 0 radical (unpaired) electrons. The van der Waals surface area contributed by atoms with Gasteiger partial charge in [-0.3, -0.25) is 15.0 Å². The van der Waals surface area contributed by atoms with Gasteiger partial charge in [-0.05, 0) is 78.8 Å². The molecule has 0 saturated heterocycles. The zero-order valence-corrected chi connectivity index (χ0v) is 30.7. The number of hydrogen-bond acceptors (Lipinski definition) is 4. The van der Waals surface area contributed by atoms with Crippen molar-refractivity contribution in [2.75, 3.05) is 0 Å². The molecule has 0 amide bonds. The summed E-state index contributed by atoms with van der Waals surface area (Å²) in [6.07, 6.45) is 0. The number of hydrogen-bond donors (Lipinski definition) is 0. The third-order valence-electron chi connectivity index (χ3n) is 7.36. The minimum absolute atomic E-state index is 0. The molecule has 3 aromatic carbocycles. The first-order valence-electron chi connectivity index (χ1n) is 16.1. The molecule has 1 aromatic heterocycles. The summed E-state index contributed by atoms with van der Waals surface area (Å²) < 4.78 is 0. The van der Waals surface area contributed by atoms with E-state index in [-0.39, 0.29) is 22.4 Å². The zero-order chi connectivity index (χ0) is 33.7. The fraction of sp³-hybridized carbons (Fsp3) is 0.366. The van der Waals surface area contributed by atoms with Crippen LogP contribution in [0.1, 0.15) is 125 Å². The van der Waals surface area contributed by atoms with Crippen LogP contribution < -0.4 is 5.11 Å². The van der Waals surface area contributed by atoms with Crippen LogP contribution in [0.3, 0.4) is 0 Å². The summed E-state index contributed by atoms with van der Waals surface area (Å²) in [6.45, 7) is 26.7. The smallest absolute Gasteiger partial charge is 0.857 e. The van der Waals surface area contributed by atoms with Gasteiger partial charge in [-0.15, -0.1) is 12.1 Å². The van der Waals surface area contributed by atoms with Crippen molar-refractivity contribution in [3.05, 3.63) is 131 Å². The van der Waals surface area contributed by atoms with Gasteiger partial charge in [-0.25, -0.2) is 0 Å². The van der Waals surface area contributed by atoms with Gasteiger partial charge in [0.1, 0.15) is 0 Å². The second-order valence-electron chi connectivity index (χ2n) is 12.7. The fourth-order valence-electron chi connectivity index (χ4n) is 4.84. The Kier molecular flexibility index (Phi) is 17.3. The molecule has 248 valence electrons. The van der Waals surface area contributed by atoms with Gasteiger partial charge in [-0.2, -0.15) is 24.6 Å². The first-order valence-corrected chi connectivity index (χ1v) is 16.1. The monoisotopic (exact) mass is 661 g/mol. The van der Waals surface area contributed by atoms with Crippen LogP contribution in [0.25, 0.3) is 0 Å². The Morgan fingerprint density at radius 1 is 0.565 bits per heavy atom. The Labute approximate surface area is 289 Å². The maximum absolute atomic E-state index is 13.1. The predicted octanol–water partition coefficient (Wildman–Crippen LogP) is 10.9. The average Bonchev–Trinajstić information content (AvgIpc) is 2.97. The molecule has 0 N–H and O–H groups in total. The van der Waals surface area contributed by atoms with Crippen molar-refractivity contribution in [3.8, 4) is 0 Å². The Morgan fingerprint density at radius 2 is 0.913 bits per heavy atom. The number of aryl methyl sites for hydroxylation is 2. The molecule has 46 heavy (non-hydrogen) atoms. The third kappa shape index (κ3) is 12.6. The molecule has 1 heterocycles. The van der Waals surface area contributed by atoms with Crippen molar-refractivity contribution in [1.29, 1.82) is 0 Å². The Balaban J connectivity index is 0.000000535. The SMILES string of the molecule is CC(=Nc1c(C(C)C)cccc1C(C)C)C([O-])=Nc1c(C(C)C)cccc1C(C)C.Cc1cccc(C)n1.[CH2-]c1ccccc1.[Ni+2]. The van der Waals surface area contributed by atoms with E-state index in [0.29, 0.717) is 29.4 Å². The average molecular weight is 663 g/mol. The van der Waals surface area contributed by atoms with Crippen LogP contribution in [0, 0.1) is 20.8 Å². The molecular formula is C41H53N3NiO. The van der Waals surface area contributed by atoms with Gasteiger partial charge in [0, 0.05) is 23.0 Å². The second-order valence-corrected chi connectivity index (χ2v) is 12.7. The number of rotatable bonds is 7. The van der Waals surface area contributed by atoms with Crippen molar-refractivity contribution in [1.82, 2.24) is 4.98 Å². The molecule has 0 aliphatic heterocycles. The van der Waals surface area contributed by atoms with Crippen molar-refractivity contribution in [2.45, 2.75) is 99.8 Å². The van der Waals surface area contributed by atoms with Gasteiger partial charge in [0.05, 0.1) is 11.4 Å². The van der Waals surface area contributed by atoms with Gasteiger partial charge in [0.25, 0.3) is 0 Å². The van der Waals surface area contributed by atoms with Gasteiger partial charge in [0.15, 0.2) is 0 Å². The molecular weight excluding hydrogens is 609 g/mol. The molecule has 0 atom stereocenters. The Bertz CT molecular complexity index is 1410. The van der Waals surface area contributed by atoms with Crippen LogP contribution in [0.5, 0.6) is 0 Å². The van der Waals surface area contributed by atoms with Crippen LogP contribution in [0.4, 0.5) is 11.4 Å². The summed E-state index contributed by atoms with van der Waals surface area (Å²) in [5.74, 6) is 0.981. The molecule has 4 aromatic rings. The van der Waals surface area contributed by atoms with Gasteiger partial charge in [-0.1, -0.05) is 104 Å². The molecule has 4 nitrogen and oxygen atoms in total. The normalized spacial score (nSPS) is 11.5. The topological polar surface area (TPSA) is 60.7 Å². The maximum atomic E-state index is 13.1. The van der Waals surface area contributed by atoms with Crippen LogP contribution in [0.2, 0.25) is 0 Å². The minimum atomic E-state index is -0.265. The third-order valence-corrected chi connectivity index (χ3v) is 7.36. The van der Waals surface area contributed by atoms with E-state index in [4.69, 9.17) is 4.99 Å². The first-order chi connectivity index (χ1) is 21.2. The van der Waals surface area contributed by atoms with Crippen molar-refractivity contribution < 1.29 is 21.6 Å². The Hall–Kier alpha value is -3.69. The number of benzene rings is 3. The molecule has 0 unspecified atom stereocenters. The summed E-state index contributed by atoms with van der Waals surface area (Å²) in [5.41, 5.74) is 9.95. The predicted molar refractivity (Wildman–Crippen MR) is 194 cm³/mol. The van der Waals surface area contributed by atoms with E-state index in [2.05, 4.69) is 109 Å². The largest absolute Gasteiger partial charge is 2.00 e. The summed E-state index contributed by atoms with van der Waals surface area (Å²) in [7, 11) is 0. The van der Waals surface area contributed by atoms with E-state index in [1.165, 1.54) is 11.1 Å². The van der Waals surface area contributed by atoms with Gasteiger partial charge in [0.2, 0.25) is 0 Å². The number of nitrogens with zero attached hydrogens (tertiary/aromatic N) is 3. The summed E-state index contributed by atoms with van der Waals surface area (Å²) in [4.78, 5) is 13.6. The number of aromatic nitrogens is 1. The molecule has 0 aliphatic rings. The van der Waals surface area contributed by atoms with Crippen LogP contribution in [-0.4, -0.2) is 16.6 Å². The summed E-state index contributed by atoms with van der Waals surface area (Å²) >= 11 is 0. The van der Waals surface area contributed by atoms with E-state index in [0.717, 1.165) is 39.5 Å². The molecule has 0 fully saturated rings. The second kappa shape index (κ2) is 19.7. The maximum Gasteiger partial charge on any atom is 2.00 e. The zero-order valence-electron chi connectivity index (χ0n) is 29.7. The van der Waals surface area contributed by atoms with Crippen molar-refractivity contribution in [3.63, 3.8) is 0 Å². The summed E-state index contributed by atoms with van der Waals surface area (Å²) in [5, 5.41) is 13.1. The number of aliphatic imine (C=N–C) groups is 2. The van der Waals surface area contributed by atoms with Crippen molar-refractivity contribution >= 4 is 23.0 Å². The quantitative estimate of drug-likeness (QED) is 0.0856. The molecule has 0 saturated carbocycles. The van der Waals surface area contributed by atoms with Gasteiger partial charge >= 0.3 is 16.5 Å². The molecule has 4 rings (SSSR count). The first kappa shape index (κ1) is 40.3. The molecule has 0 spiro atoms. The van der Waals surface area contributed by atoms with E-state index in [9.17, 15) is 5.11 Å².